The Hall–Kier alpha value is -4.37. The second-order valence-corrected chi connectivity index (χ2v) is 8.68. The van der Waals surface area contributed by atoms with Gasteiger partial charge >= 0.3 is 0 Å². The summed E-state index contributed by atoms with van der Waals surface area (Å²) in [5, 5.41) is 6.15. The molecule has 0 atom stereocenters. The smallest absolute Gasteiger partial charge is 0.240 e. The second-order valence-electron chi connectivity index (χ2n) is 8.53. The minimum absolute atomic E-state index is 0.324. The fourth-order valence-electron chi connectivity index (χ4n) is 3.89. The van der Waals surface area contributed by atoms with Crippen LogP contribution in [-0.2, 0) is 9.59 Å². The van der Waals surface area contributed by atoms with Crippen LogP contribution in [0.3, 0.4) is 0 Å². The topological polar surface area (TPSA) is 98.8 Å². The van der Waals surface area contributed by atoms with Gasteiger partial charge in [-0.2, -0.15) is 0 Å². The molecule has 0 unspecified atom stereocenters. The molecule has 1 aliphatic carbocycles. The van der Waals surface area contributed by atoms with Gasteiger partial charge in [0, 0.05) is 29.0 Å². The highest BCUT2D eigenvalue weighted by Gasteiger charge is 2.56. The quantitative estimate of drug-likeness (QED) is 0.273. The molecule has 8 nitrogen and oxygen atoms in total. The molecule has 2 amide bonds. The van der Waals surface area contributed by atoms with E-state index >= 15 is 0 Å². The van der Waals surface area contributed by atoms with E-state index in [-0.39, 0.29) is 0 Å². The third-order valence-corrected chi connectivity index (χ3v) is 6.30. The molecule has 0 aliphatic heterocycles. The van der Waals surface area contributed by atoms with Gasteiger partial charge in [0.15, 0.2) is 11.5 Å². The van der Waals surface area contributed by atoms with Crippen molar-refractivity contribution in [2.24, 2.45) is 5.41 Å². The number of rotatable bonds is 8. The number of pyridine rings is 1. The molecule has 1 heterocycles. The van der Waals surface area contributed by atoms with E-state index in [9.17, 15) is 14.0 Å². The Balaban J connectivity index is 1.27. The minimum Gasteiger partial charge on any atom is -0.493 e. The van der Waals surface area contributed by atoms with Crippen LogP contribution in [-0.4, -0.2) is 23.9 Å². The van der Waals surface area contributed by atoms with Gasteiger partial charge in [0.25, 0.3) is 0 Å². The number of ether oxygens (including phenoxy) is 2. The van der Waals surface area contributed by atoms with E-state index in [1.165, 1.54) is 31.4 Å². The van der Waals surface area contributed by atoms with Crippen LogP contribution in [0.4, 0.5) is 15.8 Å². The number of hydrogen-bond acceptors (Lipinski definition) is 6. The van der Waals surface area contributed by atoms with Gasteiger partial charge in [0.1, 0.15) is 34.6 Å². The third-order valence-electron chi connectivity index (χ3n) is 6.13. The summed E-state index contributed by atoms with van der Waals surface area (Å²) < 4.78 is 29.3. The second kappa shape index (κ2) is 9.94. The number of methoxy groups -OCH3 is 1. The number of hydrogen-bond donors (Lipinski definition) is 2. The van der Waals surface area contributed by atoms with Crippen LogP contribution in [0, 0.1) is 11.2 Å². The first-order chi connectivity index (χ1) is 17.9. The Morgan fingerprint density at radius 3 is 2.08 bits per heavy atom. The zero-order valence-electron chi connectivity index (χ0n) is 19.6. The molecule has 2 N–H and O–H groups in total. The lowest BCUT2D eigenvalue weighted by atomic mass is 10.0. The Morgan fingerprint density at radius 2 is 1.51 bits per heavy atom. The molecule has 188 valence electrons. The molecule has 37 heavy (non-hydrogen) atoms. The summed E-state index contributed by atoms with van der Waals surface area (Å²) in [5.74, 6) is 0.577. The van der Waals surface area contributed by atoms with E-state index in [2.05, 4.69) is 15.6 Å². The summed E-state index contributed by atoms with van der Waals surface area (Å²) in [4.78, 5) is 30.0. The molecule has 0 spiro atoms. The first-order valence-corrected chi connectivity index (χ1v) is 11.6. The first-order valence-electron chi connectivity index (χ1n) is 11.3. The molecule has 1 aliphatic rings. The monoisotopic (exact) mass is 521 g/mol. The van der Waals surface area contributed by atoms with E-state index in [0.29, 0.717) is 58.1 Å². The number of aromatic nitrogens is 1. The van der Waals surface area contributed by atoms with Crippen molar-refractivity contribution in [3.05, 3.63) is 78.7 Å². The average molecular weight is 522 g/mol. The van der Waals surface area contributed by atoms with E-state index in [1.54, 1.807) is 48.7 Å². The fraction of sp³-hybridized carbons (Fsp3) is 0.148. The molecule has 4 aromatic rings. The maximum atomic E-state index is 13.1. The SMILES string of the molecule is COc1cc2nccc(Oc3ccc(NC(=O)C4(C(=O)Nc5ccc(F)cc5)CC4)cc3)c2cc1OCl. The number of anilines is 2. The largest absolute Gasteiger partial charge is 0.493 e. The standard InChI is InChI=1S/C27H21ClFN3O5/c1-35-23-15-21-20(14-24(23)37-28)22(10-13-30-21)36-19-8-6-18(7-9-19)32-26(34)27(11-12-27)25(33)31-17-4-2-16(29)3-5-17/h2-10,13-15H,11-12H2,1H3,(H,31,33)(H,32,34). The van der Waals surface area contributed by atoms with Crippen molar-refractivity contribution in [1.82, 2.24) is 4.98 Å². The lowest BCUT2D eigenvalue weighted by Gasteiger charge is -2.16. The molecule has 0 saturated heterocycles. The van der Waals surface area contributed by atoms with Crippen LogP contribution < -0.4 is 24.4 Å². The highest BCUT2D eigenvalue weighted by Crippen LogP contribution is 2.47. The van der Waals surface area contributed by atoms with Crippen molar-refractivity contribution in [2.45, 2.75) is 12.8 Å². The van der Waals surface area contributed by atoms with E-state index in [0.717, 1.165) is 0 Å². The molecule has 10 heteroatoms. The van der Waals surface area contributed by atoms with Gasteiger partial charge < -0.3 is 24.4 Å². The molecule has 1 aromatic heterocycles. The number of carbonyl (C=O) groups is 2. The summed E-state index contributed by atoms with van der Waals surface area (Å²) in [5.41, 5.74) is 0.423. The number of benzene rings is 3. The Kier molecular flexibility index (Phi) is 6.54. The molecule has 1 fully saturated rings. The van der Waals surface area contributed by atoms with Gasteiger partial charge in [0.2, 0.25) is 11.8 Å². The summed E-state index contributed by atoms with van der Waals surface area (Å²) in [7, 11) is 1.50. The summed E-state index contributed by atoms with van der Waals surface area (Å²) in [6, 6.07) is 17.2. The number of fused-ring (bicyclic) bond motifs is 1. The van der Waals surface area contributed by atoms with Gasteiger partial charge in [-0.3, -0.25) is 14.6 Å². The number of amides is 2. The third kappa shape index (κ3) is 4.99. The van der Waals surface area contributed by atoms with Gasteiger partial charge in [0.05, 0.1) is 12.6 Å². The normalized spacial score (nSPS) is 13.5. The minimum atomic E-state index is -1.15. The van der Waals surface area contributed by atoms with Gasteiger partial charge in [-0.1, -0.05) is 0 Å². The molecular weight excluding hydrogens is 501 g/mol. The first kappa shape index (κ1) is 24.3. The van der Waals surface area contributed by atoms with Gasteiger partial charge in [-0.15, -0.1) is 0 Å². The highest BCUT2D eigenvalue weighted by atomic mass is 35.5. The Bertz CT molecular complexity index is 1470. The molecule has 0 radical (unpaired) electrons. The van der Waals surface area contributed by atoms with Crippen LogP contribution in [0.2, 0.25) is 0 Å². The summed E-state index contributed by atoms with van der Waals surface area (Å²) >= 11 is 5.57. The summed E-state index contributed by atoms with van der Waals surface area (Å²) in [6.07, 6.45) is 2.47. The average Bonchev–Trinajstić information content (AvgIpc) is 3.73. The lowest BCUT2D eigenvalue weighted by Crippen LogP contribution is -2.35. The van der Waals surface area contributed by atoms with Gasteiger partial charge in [-0.25, -0.2) is 4.39 Å². The predicted octanol–water partition coefficient (Wildman–Crippen LogP) is 6.06. The number of nitrogens with one attached hydrogen (secondary N) is 2. The maximum Gasteiger partial charge on any atom is 0.240 e. The lowest BCUT2D eigenvalue weighted by molar-refractivity contribution is -0.131. The summed E-state index contributed by atoms with van der Waals surface area (Å²) in [6.45, 7) is 0. The Labute approximate surface area is 216 Å². The number of halogens is 2. The van der Waals surface area contributed by atoms with Crippen molar-refractivity contribution >= 4 is 46.0 Å². The molecule has 5 rings (SSSR count). The maximum absolute atomic E-state index is 13.1. The van der Waals surface area contributed by atoms with Crippen LogP contribution in [0.15, 0.2) is 72.9 Å². The van der Waals surface area contributed by atoms with Crippen LogP contribution in [0.5, 0.6) is 23.0 Å². The van der Waals surface area contributed by atoms with Crippen molar-refractivity contribution in [3.63, 3.8) is 0 Å². The van der Waals surface area contributed by atoms with Crippen molar-refractivity contribution in [1.29, 1.82) is 0 Å². The number of nitrogens with zero attached hydrogens (tertiary/aromatic N) is 1. The molecule has 3 aromatic carbocycles. The van der Waals surface area contributed by atoms with Crippen LogP contribution in [0.25, 0.3) is 10.9 Å². The zero-order chi connectivity index (χ0) is 26.0. The number of carbonyl (C=O) groups excluding carboxylic acids is 2. The van der Waals surface area contributed by atoms with Crippen molar-refractivity contribution in [3.8, 4) is 23.0 Å². The molecular formula is C27H21ClFN3O5. The van der Waals surface area contributed by atoms with Crippen molar-refractivity contribution in [2.75, 3.05) is 17.7 Å². The van der Waals surface area contributed by atoms with E-state index in [4.69, 9.17) is 25.6 Å². The van der Waals surface area contributed by atoms with Crippen molar-refractivity contribution < 1.29 is 27.7 Å². The Morgan fingerprint density at radius 1 is 0.892 bits per heavy atom. The van der Waals surface area contributed by atoms with Crippen LogP contribution >= 0.6 is 11.9 Å². The molecule has 1 saturated carbocycles. The predicted molar refractivity (Wildman–Crippen MR) is 137 cm³/mol. The van der Waals surface area contributed by atoms with E-state index < -0.39 is 23.0 Å². The molecule has 0 bridgehead atoms. The highest BCUT2D eigenvalue weighted by molar-refractivity contribution is 6.16. The zero-order valence-corrected chi connectivity index (χ0v) is 20.3. The van der Waals surface area contributed by atoms with Gasteiger partial charge in [-0.05, 0) is 73.5 Å². The van der Waals surface area contributed by atoms with E-state index in [1.807, 2.05) is 0 Å². The van der Waals surface area contributed by atoms with Crippen LogP contribution in [0.1, 0.15) is 12.8 Å². The fourth-order valence-corrected chi connectivity index (χ4v) is 4.01.